The highest BCUT2D eigenvalue weighted by molar-refractivity contribution is 5.90. The number of methoxy groups -OCH3 is 1. The zero-order valence-corrected chi connectivity index (χ0v) is 15.5. The molecule has 2 saturated heterocycles. The Bertz CT molecular complexity index is 625. The van der Waals surface area contributed by atoms with E-state index in [-0.39, 0.29) is 18.9 Å². The number of carbonyl (C=O) groups is 3. The lowest BCUT2D eigenvalue weighted by molar-refractivity contribution is -0.152. The van der Waals surface area contributed by atoms with Gasteiger partial charge in [-0.25, -0.2) is 9.59 Å². The van der Waals surface area contributed by atoms with Gasteiger partial charge in [-0.3, -0.25) is 9.69 Å². The summed E-state index contributed by atoms with van der Waals surface area (Å²) in [4.78, 5) is 43.0. The minimum absolute atomic E-state index is 0.103. The number of ether oxygens (including phenoxy) is 2. The van der Waals surface area contributed by atoms with Crippen molar-refractivity contribution in [3.05, 3.63) is 10.4 Å². The maximum Gasteiger partial charge on any atom is 0.410 e. The number of rotatable bonds is 3. The first-order valence-electron chi connectivity index (χ1n) is 8.60. The molecule has 3 atom stereocenters. The Labute approximate surface area is 152 Å². The van der Waals surface area contributed by atoms with Gasteiger partial charge in [-0.05, 0) is 45.6 Å². The minimum atomic E-state index is -0.828. The standard InChI is InChI=1S/C16H25N5O5/c1-16(2,3)26-15(24)21-9-10(18-19-17)8-12(21)13(22)20-7-5-6-11(20)14(23)25-4/h10-12H,5-9H2,1-4H3/t10?,11-,12-/m0/s1. The van der Waals surface area contributed by atoms with Gasteiger partial charge in [0.2, 0.25) is 5.91 Å². The first kappa shape index (κ1) is 19.8. The third kappa shape index (κ3) is 4.37. The molecule has 2 aliphatic rings. The van der Waals surface area contributed by atoms with E-state index in [0.29, 0.717) is 19.4 Å². The van der Waals surface area contributed by atoms with Gasteiger partial charge >= 0.3 is 12.1 Å². The maximum atomic E-state index is 13.0. The minimum Gasteiger partial charge on any atom is -0.467 e. The molecule has 10 nitrogen and oxygen atoms in total. The Hall–Kier alpha value is -2.48. The second kappa shape index (κ2) is 7.82. The summed E-state index contributed by atoms with van der Waals surface area (Å²) in [5.41, 5.74) is 7.97. The van der Waals surface area contributed by atoms with Crippen LogP contribution in [0.15, 0.2) is 5.11 Å². The van der Waals surface area contributed by atoms with Crippen molar-refractivity contribution in [1.29, 1.82) is 0 Å². The van der Waals surface area contributed by atoms with Crippen molar-refractivity contribution in [2.75, 3.05) is 20.2 Å². The molecule has 2 amide bonds. The van der Waals surface area contributed by atoms with Crippen LogP contribution in [0.5, 0.6) is 0 Å². The number of amides is 2. The molecule has 0 aromatic rings. The van der Waals surface area contributed by atoms with Crippen LogP contribution in [0.3, 0.4) is 0 Å². The van der Waals surface area contributed by atoms with Crippen LogP contribution in [0.2, 0.25) is 0 Å². The van der Waals surface area contributed by atoms with Crippen molar-refractivity contribution in [2.24, 2.45) is 5.11 Å². The van der Waals surface area contributed by atoms with Gasteiger partial charge in [0.25, 0.3) is 0 Å². The third-order valence-electron chi connectivity index (χ3n) is 4.42. The number of carbonyl (C=O) groups excluding carboxylic acids is 3. The Balaban J connectivity index is 2.21. The van der Waals surface area contributed by atoms with Gasteiger partial charge in [-0.15, -0.1) is 0 Å². The number of esters is 1. The second-order valence-electron chi connectivity index (χ2n) is 7.46. The highest BCUT2D eigenvalue weighted by Crippen LogP contribution is 2.28. The van der Waals surface area contributed by atoms with Crippen LogP contribution >= 0.6 is 0 Å². The van der Waals surface area contributed by atoms with Crippen LogP contribution < -0.4 is 0 Å². The summed E-state index contributed by atoms with van der Waals surface area (Å²) in [5.74, 6) is -0.816. The summed E-state index contributed by atoms with van der Waals surface area (Å²) < 4.78 is 10.1. The average Bonchev–Trinajstić information content (AvgIpc) is 3.19. The second-order valence-corrected chi connectivity index (χ2v) is 7.46. The van der Waals surface area contributed by atoms with Crippen LogP contribution in [-0.4, -0.2) is 71.7 Å². The van der Waals surface area contributed by atoms with E-state index < -0.39 is 35.8 Å². The molecule has 2 heterocycles. The van der Waals surface area contributed by atoms with Crippen molar-refractivity contribution in [3.8, 4) is 0 Å². The summed E-state index contributed by atoms with van der Waals surface area (Å²) in [6.07, 6.45) is 0.772. The highest BCUT2D eigenvalue weighted by atomic mass is 16.6. The summed E-state index contributed by atoms with van der Waals surface area (Å²) in [6.45, 7) is 5.72. The molecule has 2 rings (SSSR count). The van der Waals surface area contributed by atoms with Gasteiger partial charge in [-0.1, -0.05) is 5.11 Å². The van der Waals surface area contributed by atoms with E-state index in [4.69, 9.17) is 15.0 Å². The van der Waals surface area contributed by atoms with Crippen molar-refractivity contribution in [3.63, 3.8) is 0 Å². The molecule has 1 unspecified atom stereocenters. The molecule has 0 aromatic heterocycles. The summed E-state index contributed by atoms with van der Waals surface area (Å²) in [6, 6.07) is -1.99. The predicted molar refractivity (Wildman–Crippen MR) is 91.0 cm³/mol. The molecule has 10 heteroatoms. The fourth-order valence-corrected chi connectivity index (χ4v) is 3.33. The summed E-state index contributed by atoms with van der Waals surface area (Å²) in [5, 5.41) is 3.65. The average molecular weight is 367 g/mol. The first-order valence-corrected chi connectivity index (χ1v) is 8.60. The third-order valence-corrected chi connectivity index (χ3v) is 4.42. The van der Waals surface area contributed by atoms with Gasteiger partial charge in [0.15, 0.2) is 0 Å². The van der Waals surface area contributed by atoms with Gasteiger partial charge < -0.3 is 14.4 Å². The van der Waals surface area contributed by atoms with E-state index in [2.05, 4.69) is 10.0 Å². The maximum absolute atomic E-state index is 13.0. The van der Waals surface area contributed by atoms with Crippen LogP contribution in [0.25, 0.3) is 10.4 Å². The van der Waals surface area contributed by atoms with Gasteiger partial charge in [0.05, 0.1) is 13.2 Å². The Morgan fingerprint density at radius 1 is 1.19 bits per heavy atom. The first-order chi connectivity index (χ1) is 12.2. The van der Waals surface area contributed by atoms with E-state index in [1.165, 1.54) is 16.9 Å². The molecule has 0 aromatic carbocycles. The van der Waals surface area contributed by atoms with Gasteiger partial charge in [-0.2, -0.15) is 0 Å². The molecule has 2 fully saturated rings. The molecule has 0 spiro atoms. The molecule has 144 valence electrons. The van der Waals surface area contributed by atoms with E-state index in [0.717, 1.165) is 0 Å². The lowest BCUT2D eigenvalue weighted by Crippen LogP contribution is -2.51. The number of hydrogen-bond donors (Lipinski definition) is 0. The van der Waals surface area contributed by atoms with Crippen LogP contribution in [0.4, 0.5) is 4.79 Å². The Kier molecular flexibility index (Phi) is 5.97. The van der Waals surface area contributed by atoms with Gasteiger partial charge in [0, 0.05) is 18.0 Å². The number of hydrogen-bond acceptors (Lipinski definition) is 6. The Morgan fingerprint density at radius 2 is 1.88 bits per heavy atom. The molecule has 0 aliphatic carbocycles. The summed E-state index contributed by atoms with van der Waals surface area (Å²) >= 11 is 0. The quantitative estimate of drug-likeness (QED) is 0.326. The molecule has 26 heavy (non-hydrogen) atoms. The van der Waals surface area contributed by atoms with Crippen molar-refractivity contribution in [1.82, 2.24) is 9.80 Å². The number of likely N-dealkylation sites (tertiary alicyclic amines) is 2. The molecule has 0 bridgehead atoms. The molecular weight excluding hydrogens is 342 g/mol. The Morgan fingerprint density at radius 3 is 2.46 bits per heavy atom. The monoisotopic (exact) mass is 367 g/mol. The van der Waals surface area contributed by atoms with E-state index >= 15 is 0 Å². The van der Waals surface area contributed by atoms with Crippen LogP contribution in [0.1, 0.15) is 40.0 Å². The van der Waals surface area contributed by atoms with Crippen molar-refractivity contribution >= 4 is 18.0 Å². The van der Waals surface area contributed by atoms with Gasteiger partial charge in [0.1, 0.15) is 17.7 Å². The smallest absolute Gasteiger partial charge is 0.410 e. The van der Waals surface area contributed by atoms with E-state index in [1.807, 2.05) is 0 Å². The topological polar surface area (TPSA) is 125 Å². The molecule has 2 aliphatic heterocycles. The molecule has 0 radical (unpaired) electrons. The fourth-order valence-electron chi connectivity index (χ4n) is 3.33. The van der Waals surface area contributed by atoms with Crippen molar-refractivity contribution in [2.45, 2.75) is 63.8 Å². The van der Waals surface area contributed by atoms with Crippen molar-refractivity contribution < 1.29 is 23.9 Å². The lowest BCUT2D eigenvalue weighted by atomic mass is 10.1. The predicted octanol–water partition coefficient (Wildman–Crippen LogP) is 1.84. The molecule has 0 saturated carbocycles. The number of nitrogens with zero attached hydrogens (tertiary/aromatic N) is 5. The zero-order valence-electron chi connectivity index (χ0n) is 15.5. The van der Waals surface area contributed by atoms with Crippen LogP contribution in [0, 0.1) is 0 Å². The largest absolute Gasteiger partial charge is 0.467 e. The highest BCUT2D eigenvalue weighted by Gasteiger charge is 2.46. The molecule has 0 N–H and O–H groups in total. The van der Waals surface area contributed by atoms with E-state index in [1.54, 1.807) is 20.8 Å². The fraction of sp³-hybridized carbons (Fsp3) is 0.812. The molecular formula is C16H25N5O5. The SMILES string of the molecule is COC(=O)[C@@H]1CCCN1C(=O)[C@@H]1CC(N=[N+]=[N-])CN1C(=O)OC(C)(C)C. The summed E-state index contributed by atoms with van der Waals surface area (Å²) in [7, 11) is 1.28. The van der Waals surface area contributed by atoms with Crippen LogP contribution in [-0.2, 0) is 19.1 Å². The normalized spacial score (nSPS) is 25.6. The number of azide groups is 1. The lowest BCUT2D eigenvalue weighted by Gasteiger charge is -2.31. The zero-order chi connectivity index (χ0) is 19.5. The van der Waals surface area contributed by atoms with E-state index in [9.17, 15) is 14.4 Å².